The van der Waals surface area contributed by atoms with E-state index in [1.54, 1.807) is 0 Å². The molecule has 0 unspecified atom stereocenters. The molecule has 0 nitrogen and oxygen atoms in total. The first-order valence-electron chi connectivity index (χ1n) is 2.70. The zero-order valence-electron chi connectivity index (χ0n) is 7.33. The number of hydrogen-bond donors (Lipinski definition) is 0. The fourth-order valence-electron chi connectivity index (χ4n) is 0. The van der Waals surface area contributed by atoms with Gasteiger partial charge < -0.3 is 0 Å². The van der Waals surface area contributed by atoms with Crippen LogP contribution in [0.5, 0.6) is 0 Å². The first kappa shape index (κ1) is 30.1. The minimum absolute atomic E-state index is 0. The van der Waals surface area contributed by atoms with Gasteiger partial charge in [-0.2, -0.15) is 0 Å². The summed E-state index contributed by atoms with van der Waals surface area (Å²) in [5.74, 6) is 0.722. The van der Waals surface area contributed by atoms with Gasteiger partial charge in [-0.3, -0.25) is 13.2 Å². The summed E-state index contributed by atoms with van der Waals surface area (Å²) in [4.78, 5) is 0. The third-order valence-electron chi connectivity index (χ3n) is 0. The van der Waals surface area contributed by atoms with E-state index in [-0.39, 0.29) is 19.1 Å². The molecule has 11 heavy (non-hydrogen) atoms. The summed E-state index contributed by atoms with van der Waals surface area (Å²) in [6, 6.07) is 0. The van der Waals surface area contributed by atoms with Crippen molar-refractivity contribution in [2.45, 2.75) is 13.8 Å². The molecule has 0 amide bonds. The highest BCUT2D eigenvalue weighted by atomic mass is 35.5. The lowest BCUT2D eigenvalue weighted by molar-refractivity contribution is 0.527. The van der Waals surface area contributed by atoms with Crippen molar-refractivity contribution in [2.75, 3.05) is 26.9 Å². The molecule has 0 aliphatic carbocycles. The van der Waals surface area contributed by atoms with Gasteiger partial charge in [0.15, 0.2) is 0 Å². The standard InChI is InChI=1S/C2H5Cl.C2H5F.2CH3F.ClH/c2*1-2-3;2*1-2;/h2*2H2,1H3;2*1H3;1H. The van der Waals surface area contributed by atoms with E-state index in [0.29, 0.717) is 14.4 Å². The Morgan fingerprint density at radius 2 is 1.00 bits per heavy atom. The predicted octanol–water partition coefficient (Wildman–Crippen LogP) is 3.81. The van der Waals surface area contributed by atoms with Gasteiger partial charge in [0.2, 0.25) is 0 Å². The Hall–Kier alpha value is 0.370. The van der Waals surface area contributed by atoms with E-state index >= 15 is 0 Å². The average molecular weight is 217 g/mol. The molecule has 0 aromatic rings. The van der Waals surface area contributed by atoms with Crippen molar-refractivity contribution in [3.63, 3.8) is 0 Å². The molecule has 0 spiro atoms. The summed E-state index contributed by atoms with van der Waals surface area (Å²) in [6.07, 6.45) is 0. The second-order valence-electron chi connectivity index (χ2n) is 0.535. The molecule has 0 aromatic heterocycles. The summed E-state index contributed by atoms with van der Waals surface area (Å²) in [6.45, 7) is 3.10. The minimum Gasteiger partial charge on any atom is -0.255 e. The van der Waals surface area contributed by atoms with Crippen LogP contribution in [0.1, 0.15) is 13.8 Å². The molecule has 0 N–H and O–H groups in total. The van der Waals surface area contributed by atoms with Gasteiger partial charge in [0.05, 0.1) is 21.0 Å². The molecule has 0 saturated heterocycles. The van der Waals surface area contributed by atoms with Crippen molar-refractivity contribution in [2.24, 2.45) is 0 Å². The van der Waals surface area contributed by atoms with Crippen LogP contribution in [0.4, 0.5) is 13.2 Å². The van der Waals surface area contributed by atoms with Gasteiger partial charge in [0.1, 0.15) is 0 Å². The van der Waals surface area contributed by atoms with Gasteiger partial charge in [0.25, 0.3) is 0 Å². The molecule has 0 fully saturated rings. The molecular formula is C6H17Cl2F3. The van der Waals surface area contributed by atoms with Crippen LogP contribution in [-0.4, -0.2) is 26.9 Å². The van der Waals surface area contributed by atoms with E-state index in [9.17, 15) is 13.2 Å². The summed E-state index contributed by atoms with van der Waals surface area (Å²) in [5.41, 5.74) is 0. The van der Waals surface area contributed by atoms with Crippen LogP contribution in [-0.2, 0) is 0 Å². The van der Waals surface area contributed by atoms with Gasteiger partial charge in [-0.1, -0.05) is 6.92 Å². The van der Waals surface area contributed by atoms with Gasteiger partial charge in [0, 0.05) is 5.88 Å². The van der Waals surface area contributed by atoms with Crippen molar-refractivity contribution in [3.8, 4) is 0 Å². The number of halogens is 5. The molecule has 5 heteroatoms. The van der Waals surface area contributed by atoms with Crippen LogP contribution in [0, 0.1) is 0 Å². The van der Waals surface area contributed by atoms with E-state index in [0.717, 1.165) is 5.88 Å². The van der Waals surface area contributed by atoms with Crippen LogP contribution in [0.3, 0.4) is 0 Å². The van der Waals surface area contributed by atoms with E-state index in [1.165, 1.54) is 6.92 Å². The van der Waals surface area contributed by atoms with Gasteiger partial charge in [-0.05, 0) is 6.92 Å². The smallest absolute Gasteiger partial charge is 0.0866 e. The third-order valence-corrected chi connectivity index (χ3v) is 0. The lowest BCUT2D eigenvalue weighted by Gasteiger charge is -1.45. The SMILES string of the molecule is CCCl.CCF.CF.CF.Cl. The molecule has 0 bridgehead atoms. The van der Waals surface area contributed by atoms with E-state index in [2.05, 4.69) is 0 Å². The highest BCUT2D eigenvalue weighted by molar-refractivity contribution is 6.17. The van der Waals surface area contributed by atoms with Crippen molar-refractivity contribution >= 4 is 24.0 Å². The summed E-state index contributed by atoms with van der Waals surface area (Å²) in [5, 5.41) is 0. The molecule has 0 aliphatic heterocycles. The quantitative estimate of drug-likeness (QED) is 0.541. The highest BCUT2D eigenvalue weighted by Crippen LogP contribution is 1.59. The molecule has 76 valence electrons. The van der Waals surface area contributed by atoms with Crippen molar-refractivity contribution in [1.29, 1.82) is 0 Å². The maximum atomic E-state index is 10.3. The molecule has 0 aromatic carbocycles. The van der Waals surface area contributed by atoms with Crippen LogP contribution in [0.2, 0.25) is 0 Å². The fraction of sp³-hybridized carbons (Fsp3) is 1.00. The lowest BCUT2D eigenvalue weighted by Crippen LogP contribution is -1.40. The lowest BCUT2D eigenvalue weighted by atomic mass is 10.9. The fourth-order valence-corrected chi connectivity index (χ4v) is 0. The Morgan fingerprint density at radius 3 is 1.00 bits per heavy atom. The molecule has 0 atom stereocenters. The first-order valence-corrected chi connectivity index (χ1v) is 3.24. The monoisotopic (exact) mass is 216 g/mol. The third kappa shape index (κ3) is 5310. The molecule has 0 heterocycles. The zero-order chi connectivity index (χ0) is 9.41. The Bertz CT molecular complexity index is 17.8. The van der Waals surface area contributed by atoms with Gasteiger partial charge in [-0.15, -0.1) is 24.0 Å². The molecule has 0 radical (unpaired) electrons. The van der Waals surface area contributed by atoms with Crippen LogP contribution < -0.4 is 0 Å². The number of rotatable bonds is 0. The van der Waals surface area contributed by atoms with E-state index < -0.39 is 0 Å². The normalized spacial score (nSPS) is 4.36. The summed E-state index contributed by atoms with van der Waals surface area (Å²) < 4.78 is 29.3. The summed E-state index contributed by atoms with van der Waals surface area (Å²) in [7, 11) is 1.00. The molecular weight excluding hydrogens is 200 g/mol. The summed E-state index contributed by atoms with van der Waals surface area (Å²) >= 11 is 5.00. The Balaban J connectivity index is -0.0000000144. The second kappa shape index (κ2) is 162. The van der Waals surface area contributed by atoms with Crippen molar-refractivity contribution in [3.05, 3.63) is 0 Å². The minimum atomic E-state index is -0.250. The average Bonchev–Trinajstić information content (AvgIpc) is 1.99. The van der Waals surface area contributed by atoms with E-state index in [4.69, 9.17) is 11.6 Å². The Morgan fingerprint density at radius 1 is 1.00 bits per heavy atom. The highest BCUT2D eigenvalue weighted by Gasteiger charge is 1.39. The number of alkyl halides is 4. The van der Waals surface area contributed by atoms with Crippen LogP contribution in [0.15, 0.2) is 0 Å². The molecule has 0 saturated carbocycles. The maximum Gasteiger partial charge on any atom is 0.0866 e. The predicted molar refractivity (Wildman–Crippen MR) is 49.4 cm³/mol. The Labute approximate surface area is 78.5 Å². The van der Waals surface area contributed by atoms with Crippen LogP contribution in [0.25, 0.3) is 0 Å². The number of hydrogen-bond acceptors (Lipinski definition) is 0. The van der Waals surface area contributed by atoms with Crippen LogP contribution >= 0.6 is 24.0 Å². The topological polar surface area (TPSA) is 0 Å². The second-order valence-corrected chi connectivity index (χ2v) is 1.07. The van der Waals surface area contributed by atoms with Crippen molar-refractivity contribution < 1.29 is 13.2 Å². The van der Waals surface area contributed by atoms with Gasteiger partial charge >= 0.3 is 0 Å². The maximum absolute atomic E-state index is 10.3. The molecule has 0 aliphatic rings. The van der Waals surface area contributed by atoms with E-state index in [1.807, 2.05) is 6.92 Å². The van der Waals surface area contributed by atoms with Crippen molar-refractivity contribution in [1.82, 2.24) is 0 Å². The van der Waals surface area contributed by atoms with Gasteiger partial charge in [-0.25, -0.2) is 0 Å². The Kier molecular flexibility index (Phi) is 444. The zero-order valence-corrected chi connectivity index (χ0v) is 8.91. The largest absolute Gasteiger partial charge is 0.255 e. The molecule has 0 rings (SSSR count). The first-order chi connectivity index (χ1) is 4.83.